The van der Waals surface area contributed by atoms with E-state index in [2.05, 4.69) is 20.8 Å². The number of carbonyl (C=O) groups excluding carboxylic acids is 1. The third kappa shape index (κ3) is 4.80. The zero-order chi connectivity index (χ0) is 21.0. The first kappa shape index (κ1) is 20.9. The molecule has 0 bridgehead atoms. The van der Waals surface area contributed by atoms with E-state index in [4.69, 9.17) is 21.4 Å². The molecule has 0 radical (unpaired) electrons. The molecule has 152 valence electrons. The van der Waals surface area contributed by atoms with Gasteiger partial charge < -0.3 is 4.74 Å². The Kier molecular flexibility index (Phi) is 6.28. The first-order valence-electron chi connectivity index (χ1n) is 9.48. The highest BCUT2D eigenvalue weighted by Gasteiger charge is 2.26. The van der Waals surface area contributed by atoms with Gasteiger partial charge in [0, 0.05) is 11.5 Å². The highest BCUT2D eigenvalue weighted by Crippen LogP contribution is 2.30. The summed E-state index contributed by atoms with van der Waals surface area (Å²) in [5.41, 5.74) is 2.60. The van der Waals surface area contributed by atoms with Gasteiger partial charge in [-0.3, -0.25) is 9.69 Å². The second kappa shape index (κ2) is 8.70. The average Bonchev–Trinajstić information content (AvgIpc) is 3.18. The van der Waals surface area contributed by atoms with Gasteiger partial charge in [0.2, 0.25) is 5.91 Å². The van der Waals surface area contributed by atoms with Crippen molar-refractivity contribution in [2.24, 2.45) is 0 Å². The van der Waals surface area contributed by atoms with Crippen molar-refractivity contribution in [3.05, 3.63) is 71.9 Å². The van der Waals surface area contributed by atoms with Gasteiger partial charge in [-0.25, -0.2) is 4.68 Å². The molecule has 29 heavy (non-hydrogen) atoms. The topological polar surface area (TPSA) is 47.4 Å². The Balaban J connectivity index is 2.08. The monoisotopic (exact) mass is 411 g/mol. The molecule has 0 fully saturated rings. The molecule has 0 saturated heterocycles. The minimum atomic E-state index is -0.181. The summed E-state index contributed by atoms with van der Waals surface area (Å²) in [5, 5.41) is 4.82. The third-order valence-corrected chi connectivity index (χ3v) is 4.88. The van der Waals surface area contributed by atoms with Gasteiger partial charge in [-0.2, -0.15) is 5.10 Å². The summed E-state index contributed by atoms with van der Waals surface area (Å²) in [4.78, 5) is 14.5. The molecule has 6 heteroatoms. The number of halogens is 1. The fraction of sp³-hybridized carbons (Fsp3) is 0.304. The quantitative estimate of drug-likeness (QED) is 0.539. The molecule has 0 aliphatic heterocycles. The fourth-order valence-corrected chi connectivity index (χ4v) is 3.12. The van der Waals surface area contributed by atoms with Gasteiger partial charge in [0.15, 0.2) is 0 Å². The highest BCUT2D eigenvalue weighted by molar-refractivity contribution is 6.29. The number of para-hydroxylation sites is 1. The van der Waals surface area contributed by atoms with Crippen LogP contribution in [0.5, 0.6) is 5.75 Å². The van der Waals surface area contributed by atoms with Gasteiger partial charge in [0.05, 0.1) is 25.0 Å². The molecule has 0 aliphatic rings. The molecule has 0 spiro atoms. The van der Waals surface area contributed by atoms with E-state index in [0.717, 1.165) is 22.7 Å². The summed E-state index contributed by atoms with van der Waals surface area (Å²) >= 11 is 5.96. The Labute approximate surface area is 176 Å². The van der Waals surface area contributed by atoms with E-state index >= 15 is 0 Å². The molecule has 3 rings (SSSR count). The normalized spacial score (nSPS) is 11.3. The van der Waals surface area contributed by atoms with Crippen LogP contribution < -0.4 is 9.64 Å². The van der Waals surface area contributed by atoms with Crippen LogP contribution in [0.3, 0.4) is 0 Å². The number of anilines is 1. The maximum Gasteiger partial charge on any atom is 0.243 e. The van der Waals surface area contributed by atoms with E-state index in [-0.39, 0.29) is 17.2 Å². The largest absolute Gasteiger partial charge is 0.497 e. The third-order valence-electron chi connectivity index (χ3n) is 4.65. The highest BCUT2D eigenvalue weighted by atomic mass is 35.5. The number of ether oxygens (including phenoxy) is 1. The van der Waals surface area contributed by atoms with E-state index < -0.39 is 0 Å². The van der Waals surface area contributed by atoms with E-state index in [1.807, 2.05) is 65.3 Å². The summed E-state index contributed by atoms with van der Waals surface area (Å²) in [5.74, 6) is 1.18. The first-order valence-corrected chi connectivity index (χ1v) is 10.0. The molecule has 0 saturated carbocycles. The minimum Gasteiger partial charge on any atom is -0.497 e. The minimum absolute atomic E-state index is 0.110. The van der Waals surface area contributed by atoms with Gasteiger partial charge in [-0.15, -0.1) is 11.6 Å². The van der Waals surface area contributed by atoms with Gasteiger partial charge in [-0.1, -0.05) is 51.1 Å². The standard InChI is InChI=1S/C23H26ClN3O2/c1-23(2,3)20-14-21(27(25-20)18-8-6-5-7-9-18)26(22(28)15-24)16-17-10-12-19(29-4)13-11-17/h5-14H,15-16H2,1-4H3. The summed E-state index contributed by atoms with van der Waals surface area (Å²) < 4.78 is 7.04. The Hall–Kier alpha value is -2.79. The smallest absolute Gasteiger partial charge is 0.243 e. The molecular formula is C23H26ClN3O2. The van der Waals surface area contributed by atoms with Crippen molar-refractivity contribution in [2.45, 2.75) is 32.7 Å². The van der Waals surface area contributed by atoms with Crippen LogP contribution >= 0.6 is 11.6 Å². The number of rotatable bonds is 6. The average molecular weight is 412 g/mol. The molecule has 3 aromatic rings. The van der Waals surface area contributed by atoms with Crippen molar-refractivity contribution in [3.8, 4) is 11.4 Å². The molecule has 1 aromatic heterocycles. The summed E-state index contributed by atoms with van der Waals surface area (Å²) in [7, 11) is 1.63. The fourth-order valence-electron chi connectivity index (χ4n) is 2.97. The predicted molar refractivity (Wildman–Crippen MR) is 117 cm³/mol. The number of hydrogen-bond donors (Lipinski definition) is 0. The Morgan fingerprint density at radius 1 is 1.10 bits per heavy atom. The van der Waals surface area contributed by atoms with Gasteiger partial charge in [0.25, 0.3) is 0 Å². The number of nitrogens with zero attached hydrogens (tertiary/aromatic N) is 3. The van der Waals surface area contributed by atoms with Crippen LogP contribution in [0.25, 0.3) is 5.69 Å². The summed E-state index contributed by atoms with van der Waals surface area (Å²) in [6, 6.07) is 19.4. The van der Waals surface area contributed by atoms with E-state index in [9.17, 15) is 4.79 Å². The second-order valence-electron chi connectivity index (χ2n) is 7.85. The lowest BCUT2D eigenvalue weighted by Gasteiger charge is -2.23. The second-order valence-corrected chi connectivity index (χ2v) is 8.11. The number of aromatic nitrogens is 2. The molecule has 0 aliphatic carbocycles. The zero-order valence-electron chi connectivity index (χ0n) is 17.2. The number of hydrogen-bond acceptors (Lipinski definition) is 3. The van der Waals surface area contributed by atoms with Gasteiger partial charge >= 0.3 is 0 Å². The lowest BCUT2D eigenvalue weighted by atomic mass is 9.92. The van der Waals surface area contributed by atoms with Crippen LogP contribution in [0, 0.1) is 0 Å². The van der Waals surface area contributed by atoms with Crippen molar-refractivity contribution < 1.29 is 9.53 Å². The molecule has 0 atom stereocenters. The number of benzene rings is 2. The van der Waals surface area contributed by atoms with Crippen LogP contribution in [0.4, 0.5) is 5.82 Å². The molecular weight excluding hydrogens is 386 g/mol. The van der Waals surface area contributed by atoms with Gasteiger partial charge in [-0.05, 0) is 29.8 Å². The summed E-state index contributed by atoms with van der Waals surface area (Å²) in [6.07, 6.45) is 0. The van der Waals surface area contributed by atoms with Gasteiger partial charge in [0.1, 0.15) is 17.4 Å². The first-order chi connectivity index (χ1) is 13.8. The lowest BCUT2D eigenvalue weighted by Crippen LogP contribution is -2.33. The van der Waals surface area contributed by atoms with Crippen molar-refractivity contribution >= 4 is 23.3 Å². The van der Waals surface area contributed by atoms with Crippen LogP contribution in [0.1, 0.15) is 32.0 Å². The predicted octanol–water partition coefficient (Wildman–Crippen LogP) is 4.95. The molecule has 0 N–H and O–H groups in total. The maximum atomic E-state index is 12.8. The molecule has 2 aromatic carbocycles. The summed E-state index contributed by atoms with van der Waals surface area (Å²) in [6.45, 7) is 6.69. The molecule has 1 amide bonds. The Morgan fingerprint density at radius 3 is 2.31 bits per heavy atom. The van der Waals surface area contributed by atoms with E-state index in [0.29, 0.717) is 12.4 Å². The van der Waals surface area contributed by atoms with Crippen LogP contribution in [0.15, 0.2) is 60.7 Å². The number of methoxy groups -OCH3 is 1. The van der Waals surface area contributed by atoms with E-state index in [1.165, 1.54) is 0 Å². The van der Waals surface area contributed by atoms with Crippen molar-refractivity contribution in [1.29, 1.82) is 0 Å². The van der Waals surface area contributed by atoms with Crippen molar-refractivity contribution in [3.63, 3.8) is 0 Å². The Bertz CT molecular complexity index is 960. The number of amides is 1. The molecule has 1 heterocycles. The SMILES string of the molecule is COc1ccc(CN(C(=O)CCl)c2cc(C(C)(C)C)nn2-c2ccccc2)cc1. The van der Waals surface area contributed by atoms with Crippen molar-refractivity contribution in [2.75, 3.05) is 17.9 Å². The van der Waals surface area contributed by atoms with Crippen LogP contribution in [-0.4, -0.2) is 28.7 Å². The molecule has 0 unspecified atom stereocenters. The van der Waals surface area contributed by atoms with Crippen molar-refractivity contribution in [1.82, 2.24) is 9.78 Å². The lowest BCUT2D eigenvalue weighted by molar-refractivity contribution is -0.116. The Morgan fingerprint density at radius 2 is 1.76 bits per heavy atom. The van der Waals surface area contributed by atoms with E-state index in [1.54, 1.807) is 12.0 Å². The van der Waals surface area contributed by atoms with Crippen LogP contribution in [0.2, 0.25) is 0 Å². The zero-order valence-corrected chi connectivity index (χ0v) is 18.0. The number of carbonyl (C=O) groups is 1. The number of alkyl halides is 1. The maximum absolute atomic E-state index is 12.8. The molecule has 5 nitrogen and oxygen atoms in total. The van der Waals surface area contributed by atoms with Crippen LogP contribution in [-0.2, 0) is 16.8 Å².